The molecule has 0 N–H and O–H groups in total. The second-order valence-corrected chi connectivity index (χ2v) is 6.58. The molecular weight excluding hydrogens is 341 g/mol. The molecule has 0 aliphatic heterocycles. The van der Waals surface area contributed by atoms with Crippen LogP contribution in [-0.4, -0.2) is 13.9 Å². The third-order valence-electron chi connectivity index (χ3n) is 3.42. The van der Waals surface area contributed by atoms with E-state index in [0.717, 1.165) is 5.39 Å². The van der Waals surface area contributed by atoms with Gasteiger partial charge in [-0.1, -0.05) is 54.6 Å². The topological polar surface area (TPSA) is 43.4 Å². The molecule has 0 bridgehead atoms. The first kappa shape index (κ1) is 16.3. The average molecular weight is 352 g/mol. The molecule has 7 heteroatoms. The van der Waals surface area contributed by atoms with E-state index in [9.17, 15) is 21.6 Å². The lowest BCUT2D eigenvalue weighted by Gasteiger charge is -2.14. The molecule has 0 aliphatic rings. The first-order chi connectivity index (χ1) is 11.3. The van der Waals surface area contributed by atoms with Crippen molar-refractivity contribution in [1.82, 2.24) is 0 Å². The van der Waals surface area contributed by atoms with Gasteiger partial charge in [0.2, 0.25) is 0 Å². The summed E-state index contributed by atoms with van der Waals surface area (Å²) in [4.78, 5) is 0. The molecule has 0 unspecified atom stereocenters. The van der Waals surface area contributed by atoms with Crippen molar-refractivity contribution in [3.05, 3.63) is 66.7 Å². The molecule has 124 valence electrons. The van der Waals surface area contributed by atoms with Crippen molar-refractivity contribution < 1.29 is 25.8 Å². The van der Waals surface area contributed by atoms with Crippen LogP contribution in [0.25, 0.3) is 21.9 Å². The quantitative estimate of drug-likeness (QED) is 0.505. The summed E-state index contributed by atoms with van der Waals surface area (Å²) >= 11 is 0. The van der Waals surface area contributed by atoms with E-state index < -0.39 is 15.6 Å². The van der Waals surface area contributed by atoms with Gasteiger partial charge in [0, 0.05) is 5.56 Å². The number of hydrogen-bond donors (Lipinski definition) is 0. The Morgan fingerprint density at radius 2 is 1.33 bits per heavy atom. The van der Waals surface area contributed by atoms with E-state index in [4.69, 9.17) is 0 Å². The van der Waals surface area contributed by atoms with Crippen molar-refractivity contribution in [2.24, 2.45) is 0 Å². The first-order valence-electron chi connectivity index (χ1n) is 6.87. The van der Waals surface area contributed by atoms with Crippen LogP contribution in [0.5, 0.6) is 5.75 Å². The Morgan fingerprint density at radius 3 is 1.92 bits per heavy atom. The van der Waals surface area contributed by atoms with Crippen molar-refractivity contribution in [2.75, 3.05) is 0 Å². The number of alkyl halides is 3. The summed E-state index contributed by atoms with van der Waals surface area (Å²) in [5, 5.41) is 1.33. The van der Waals surface area contributed by atoms with Crippen LogP contribution in [0.15, 0.2) is 66.7 Å². The van der Waals surface area contributed by atoms with Gasteiger partial charge in [-0.05, 0) is 28.5 Å². The molecule has 0 aromatic heterocycles. The summed E-state index contributed by atoms with van der Waals surface area (Å²) in [6.07, 6.45) is 0. The molecule has 24 heavy (non-hydrogen) atoms. The van der Waals surface area contributed by atoms with E-state index in [1.807, 2.05) is 0 Å². The second kappa shape index (κ2) is 5.83. The smallest absolute Gasteiger partial charge is 0.375 e. The minimum Gasteiger partial charge on any atom is -0.375 e. The standard InChI is InChI=1S/C17H11F3O3S/c18-17(19,20)24(21,22)23-16-11-14-9-5-4-8-13(14)10-15(16)12-6-2-1-3-7-12/h1-11H. The molecule has 3 aromatic rings. The zero-order chi connectivity index (χ0) is 17.4. The summed E-state index contributed by atoms with van der Waals surface area (Å²) in [7, 11) is -5.75. The van der Waals surface area contributed by atoms with Gasteiger partial charge >= 0.3 is 15.6 Å². The van der Waals surface area contributed by atoms with Crippen LogP contribution in [0, 0.1) is 0 Å². The summed E-state index contributed by atoms with van der Waals surface area (Å²) in [6, 6.07) is 18.3. The van der Waals surface area contributed by atoms with Crippen LogP contribution in [0.2, 0.25) is 0 Å². The summed E-state index contributed by atoms with van der Waals surface area (Å²) in [5.74, 6) is -0.364. The maximum Gasteiger partial charge on any atom is 0.534 e. The Kier molecular flexibility index (Phi) is 3.96. The highest BCUT2D eigenvalue weighted by atomic mass is 32.2. The maximum atomic E-state index is 12.7. The lowest BCUT2D eigenvalue weighted by Crippen LogP contribution is -2.28. The van der Waals surface area contributed by atoms with Crippen molar-refractivity contribution in [2.45, 2.75) is 5.51 Å². The van der Waals surface area contributed by atoms with E-state index in [0.29, 0.717) is 10.9 Å². The van der Waals surface area contributed by atoms with Gasteiger partial charge in [0.15, 0.2) is 5.75 Å². The fraction of sp³-hybridized carbons (Fsp3) is 0.0588. The lowest BCUT2D eigenvalue weighted by molar-refractivity contribution is -0.0499. The normalized spacial score (nSPS) is 12.3. The molecule has 0 atom stereocenters. The van der Waals surface area contributed by atoms with E-state index in [1.54, 1.807) is 60.7 Å². The zero-order valence-electron chi connectivity index (χ0n) is 12.1. The highest BCUT2D eigenvalue weighted by Gasteiger charge is 2.48. The molecule has 0 saturated carbocycles. The third kappa shape index (κ3) is 3.07. The Hall–Kier alpha value is -2.54. The van der Waals surface area contributed by atoms with Gasteiger partial charge in [-0.25, -0.2) is 0 Å². The molecule has 0 saturated heterocycles. The van der Waals surface area contributed by atoms with E-state index in [1.165, 1.54) is 6.07 Å². The third-order valence-corrected chi connectivity index (χ3v) is 4.38. The SMILES string of the molecule is O=S(=O)(Oc1cc2ccccc2cc1-c1ccccc1)C(F)(F)F. The summed E-state index contributed by atoms with van der Waals surface area (Å²) in [5.41, 5.74) is -4.68. The highest BCUT2D eigenvalue weighted by molar-refractivity contribution is 7.88. The van der Waals surface area contributed by atoms with Gasteiger partial charge in [0.25, 0.3) is 0 Å². The zero-order valence-corrected chi connectivity index (χ0v) is 12.9. The Labute approximate surface area is 136 Å². The van der Waals surface area contributed by atoms with Gasteiger partial charge in [0.1, 0.15) is 0 Å². The van der Waals surface area contributed by atoms with Gasteiger partial charge in [-0.3, -0.25) is 0 Å². The summed E-state index contributed by atoms with van der Waals surface area (Å²) < 4.78 is 65.2. The molecule has 0 spiro atoms. The van der Waals surface area contributed by atoms with Crippen LogP contribution in [0.4, 0.5) is 13.2 Å². The van der Waals surface area contributed by atoms with E-state index >= 15 is 0 Å². The van der Waals surface area contributed by atoms with E-state index in [2.05, 4.69) is 4.18 Å². The number of fused-ring (bicyclic) bond motifs is 1. The molecule has 0 heterocycles. The first-order valence-corrected chi connectivity index (χ1v) is 8.28. The van der Waals surface area contributed by atoms with Gasteiger partial charge in [-0.15, -0.1) is 0 Å². The van der Waals surface area contributed by atoms with Crippen LogP contribution in [0.1, 0.15) is 0 Å². The van der Waals surface area contributed by atoms with Crippen LogP contribution >= 0.6 is 0 Å². The molecule has 3 nitrogen and oxygen atoms in total. The van der Waals surface area contributed by atoms with Crippen LogP contribution in [0.3, 0.4) is 0 Å². The largest absolute Gasteiger partial charge is 0.534 e. The summed E-state index contributed by atoms with van der Waals surface area (Å²) in [6.45, 7) is 0. The minimum absolute atomic E-state index is 0.266. The van der Waals surface area contributed by atoms with Gasteiger partial charge in [-0.2, -0.15) is 21.6 Å². The predicted molar refractivity (Wildman–Crippen MR) is 85.0 cm³/mol. The van der Waals surface area contributed by atoms with Crippen molar-refractivity contribution in [1.29, 1.82) is 0 Å². The predicted octanol–water partition coefficient (Wildman–Crippen LogP) is 4.74. The van der Waals surface area contributed by atoms with Gasteiger partial charge in [0.05, 0.1) is 0 Å². The monoisotopic (exact) mass is 352 g/mol. The number of rotatable bonds is 3. The average Bonchev–Trinajstić information content (AvgIpc) is 2.53. The van der Waals surface area contributed by atoms with Crippen LogP contribution < -0.4 is 4.18 Å². The number of halogens is 3. The Morgan fingerprint density at radius 1 is 0.792 bits per heavy atom. The number of hydrogen-bond acceptors (Lipinski definition) is 3. The Balaban J connectivity index is 2.22. The maximum absolute atomic E-state index is 12.7. The fourth-order valence-corrected chi connectivity index (χ4v) is 2.77. The fourth-order valence-electron chi connectivity index (χ4n) is 2.30. The number of benzene rings is 3. The molecule has 0 radical (unpaired) electrons. The van der Waals surface area contributed by atoms with Crippen LogP contribution in [-0.2, 0) is 10.1 Å². The van der Waals surface area contributed by atoms with Crippen molar-refractivity contribution in [3.63, 3.8) is 0 Å². The molecule has 3 rings (SSSR count). The molecule has 3 aromatic carbocycles. The lowest BCUT2D eigenvalue weighted by atomic mass is 10.0. The minimum atomic E-state index is -5.75. The van der Waals surface area contributed by atoms with Gasteiger partial charge < -0.3 is 4.18 Å². The molecule has 0 aliphatic carbocycles. The highest BCUT2D eigenvalue weighted by Crippen LogP contribution is 2.37. The molecular formula is C17H11F3O3S. The second-order valence-electron chi connectivity index (χ2n) is 5.04. The van der Waals surface area contributed by atoms with Crippen molar-refractivity contribution >= 4 is 20.9 Å². The molecule has 0 fully saturated rings. The Bertz CT molecular complexity index is 981. The van der Waals surface area contributed by atoms with E-state index in [-0.39, 0.29) is 11.3 Å². The molecule has 0 amide bonds. The van der Waals surface area contributed by atoms with Crippen molar-refractivity contribution in [3.8, 4) is 16.9 Å².